The molecule has 0 aliphatic carbocycles. The Kier molecular flexibility index (Phi) is 5.15. The van der Waals surface area contributed by atoms with Gasteiger partial charge in [-0.25, -0.2) is 0 Å². The van der Waals surface area contributed by atoms with Crippen molar-refractivity contribution >= 4 is 34.4 Å². The van der Waals surface area contributed by atoms with E-state index in [0.717, 1.165) is 61.9 Å². The molecule has 0 aromatic carbocycles. The number of hydrazone groups is 1. The van der Waals surface area contributed by atoms with Crippen LogP contribution in [-0.4, -0.2) is 58.4 Å². The molecule has 4 heterocycles. The lowest BCUT2D eigenvalue weighted by atomic mass is 10.0. The van der Waals surface area contributed by atoms with Gasteiger partial charge in [0.05, 0.1) is 23.3 Å². The van der Waals surface area contributed by atoms with Gasteiger partial charge in [-0.05, 0) is 42.9 Å². The Morgan fingerprint density at radius 1 is 1.22 bits per heavy atom. The first-order valence-corrected chi connectivity index (χ1v) is 9.59. The van der Waals surface area contributed by atoms with Crippen LogP contribution in [0.1, 0.15) is 17.7 Å². The Labute approximate surface area is 164 Å². The number of fused-ring (bicyclic) bond motifs is 1. The molecule has 0 amide bonds. The van der Waals surface area contributed by atoms with E-state index in [4.69, 9.17) is 12.2 Å². The summed E-state index contributed by atoms with van der Waals surface area (Å²) in [6.45, 7) is 6.49. The van der Waals surface area contributed by atoms with Crippen LogP contribution in [0.5, 0.6) is 0 Å². The summed E-state index contributed by atoms with van der Waals surface area (Å²) in [6, 6.07) is 6.07. The smallest absolute Gasteiger partial charge is 0.189 e. The number of thiocarbonyl (C=S) groups is 1. The van der Waals surface area contributed by atoms with Gasteiger partial charge in [0, 0.05) is 51.5 Å². The fraction of sp³-hybridized carbons (Fsp3) is 0.368. The van der Waals surface area contributed by atoms with E-state index in [-0.39, 0.29) is 0 Å². The maximum Gasteiger partial charge on any atom is 0.189 e. The van der Waals surface area contributed by atoms with Gasteiger partial charge < -0.3 is 15.1 Å². The number of nitrogens with one attached hydrogen (secondary N) is 2. The van der Waals surface area contributed by atoms with Gasteiger partial charge >= 0.3 is 0 Å². The highest BCUT2D eigenvalue weighted by molar-refractivity contribution is 7.80. The standard InChI is InChI=1S/C19H23N7S/c1-14-4-7-22-18-16(5-8-21-17(14)18)23-24-19(27)26-11-9-25(10-12-26)15-3-2-6-20-13-15/h2-4,6-7,13,21H,5,8-12H2,1H3,(H,24,27)/b23-16-. The van der Waals surface area contributed by atoms with Crippen molar-refractivity contribution in [3.05, 3.63) is 48.0 Å². The van der Waals surface area contributed by atoms with Crippen molar-refractivity contribution in [2.75, 3.05) is 42.9 Å². The number of hydrogen-bond donors (Lipinski definition) is 2. The summed E-state index contributed by atoms with van der Waals surface area (Å²) in [5, 5.41) is 8.65. The topological polar surface area (TPSA) is 68.7 Å². The second-order valence-corrected chi connectivity index (χ2v) is 7.08. The van der Waals surface area contributed by atoms with Gasteiger partial charge in [0.15, 0.2) is 5.11 Å². The molecule has 2 aliphatic heterocycles. The number of aromatic nitrogens is 2. The zero-order valence-corrected chi connectivity index (χ0v) is 16.2. The molecule has 8 heteroatoms. The summed E-state index contributed by atoms with van der Waals surface area (Å²) in [5.74, 6) is 0. The van der Waals surface area contributed by atoms with Crippen molar-refractivity contribution < 1.29 is 0 Å². The minimum absolute atomic E-state index is 0.668. The predicted octanol–water partition coefficient (Wildman–Crippen LogP) is 2.00. The Balaban J connectivity index is 1.37. The quantitative estimate of drug-likeness (QED) is 0.609. The highest BCUT2D eigenvalue weighted by Gasteiger charge is 2.21. The van der Waals surface area contributed by atoms with Gasteiger partial charge in [0.1, 0.15) is 5.69 Å². The van der Waals surface area contributed by atoms with Crippen LogP contribution in [0.15, 0.2) is 41.9 Å². The summed E-state index contributed by atoms with van der Waals surface area (Å²) in [4.78, 5) is 13.2. The molecular formula is C19H23N7S. The average Bonchev–Trinajstić information content (AvgIpc) is 2.73. The lowest BCUT2D eigenvalue weighted by Gasteiger charge is -2.36. The number of aryl methyl sites for hydroxylation is 1. The number of piperazine rings is 1. The lowest BCUT2D eigenvalue weighted by Crippen LogP contribution is -2.51. The van der Waals surface area contributed by atoms with Crippen molar-refractivity contribution in [2.24, 2.45) is 5.10 Å². The molecule has 0 saturated carbocycles. The Morgan fingerprint density at radius 2 is 2.07 bits per heavy atom. The molecular weight excluding hydrogens is 358 g/mol. The van der Waals surface area contributed by atoms with E-state index in [0.29, 0.717) is 5.11 Å². The monoisotopic (exact) mass is 381 g/mol. The third-order valence-electron chi connectivity index (χ3n) is 4.96. The van der Waals surface area contributed by atoms with Crippen LogP contribution in [0.25, 0.3) is 0 Å². The molecule has 4 rings (SSSR count). The minimum atomic E-state index is 0.668. The van der Waals surface area contributed by atoms with Gasteiger partial charge in [-0.3, -0.25) is 15.4 Å². The van der Waals surface area contributed by atoms with E-state index in [1.807, 2.05) is 24.5 Å². The maximum absolute atomic E-state index is 5.56. The fourth-order valence-corrected chi connectivity index (χ4v) is 3.66. The summed E-state index contributed by atoms with van der Waals surface area (Å²) < 4.78 is 0. The van der Waals surface area contributed by atoms with E-state index in [9.17, 15) is 0 Å². The number of hydrogen-bond acceptors (Lipinski definition) is 6. The molecule has 0 unspecified atom stereocenters. The molecule has 1 fully saturated rings. The predicted molar refractivity (Wildman–Crippen MR) is 112 cm³/mol. The van der Waals surface area contributed by atoms with Gasteiger partial charge in [0.25, 0.3) is 0 Å². The molecule has 0 spiro atoms. The zero-order valence-electron chi connectivity index (χ0n) is 15.4. The first-order chi connectivity index (χ1) is 13.2. The van der Waals surface area contributed by atoms with Gasteiger partial charge in [-0.1, -0.05) is 0 Å². The number of pyridine rings is 2. The van der Waals surface area contributed by atoms with E-state index in [2.05, 4.69) is 48.6 Å². The molecule has 1 saturated heterocycles. The van der Waals surface area contributed by atoms with Gasteiger partial charge in [-0.15, -0.1) is 0 Å². The number of nitrogens with zero attached hydrogens (tertiary/aromatic N) is 5. The normalized spacial score (nSPS) is 18.0. The largest absolute Gasteiger partial charge is 0.383 e. The third-order valence-corrected chi connectivity index (χ3v) is 5.31. The van der Waals surface area contributed by atoms with Crippen LogP contribution in [0.3, 0.4) is 0 Å². The molecule has 27 heavy (non-hydrogen) atoms. The second kappa shape index (κ2) is 7.87. The summed E-state index contributed by atoms with van der Waals surface area (Å²) in [5.41, 5.74) is 8.35. The Bertz CT molecular complexity index is 844. The SMILES string of the molecule is Cc1ccnc2c1NCC/C2=N/NC(=S)N1CCN(c2cccnc2)CC1. The maximum atomic E-state index is 5.56. The van der Waals surface area contributed by atoms with E-state index in [1.165, 1.54) is 5.56 Å². The van der Waals surface area contributed by atoms with Crippen LogP contribution in [0, 0.1) is 6.92 Å². The van der Waals surface area contributed by atoms with Crippen molar-refractivity contribution in [3.63, 3.8) is 0 Å². The van der Waals surface area contributed by atoms with E-state index >= 15 is 0 Å². The van der Waals surface area contributed by atoms with Crippen LogP contribution in [-0.2, 0) is 0 Å². The summed E-state index contributed by atoms with van der Waals surface area (Å²) in [6.07, 6.45) is 6.36. The van der Waals surface area contributed by atoms with Gasteiger partial charge in [0.2, 0.25) is 0 Å². The second-order valence-electron chi connectivity index (χ2n) is 6.69. The summed E-state index contributed by atoms with van der Waals surface area (Å²) in [7, 11) is 0. The number of anilines is 2. The fourth-order valence-electron chi connectivity index (χ4n) is 3.43. The first kappa shape index (κ1) is 17.7. The molecule has 2 aromatic heterocycles. The highest BCUT2D eigenvalue weighted by atomic mass is 32.1. The minimum Gasteiger partial charge on any atom is -0.383 e. The van der Waals surface area contributed by atoms with E-state index < -0.39 is 0 Å². The van der Waals surface area contributed by atoms with Crippen LogP contribution >= 0.6 is 12.2 Å². The zero-order chi connectivity index (χ0) is 18.6. The molecule has 0 atom stereocenters. The molecule has 0 bridgehead atoms. The van der Waals surface area contributed by atoms with Gasteiger partial charge in [-0.2, -0.15) is 5.10 Å². The average molecular weight is 382 g/mol. The molecule has 140 valence electrons. The van der Waals surface area contributed by atoms with Crippen molar-refractivity contribution in [2.45, 2.75) is 13.3 Å². The van der Waals surface area contributed by atoms with Crippen molar-refractivity contribution in [3.8, 4) is 0 Å². The van der Waals surface area contributed by atoms with Crippen LogP contribution in [0.4, 0.5) is 11.4 Å². The molecule has 2 aromatic rings. The molecule has 0 radical (unpaired) electrons. The van der Waals surface area contributed by atoms with Crippen LogP contribution < -0.4 is 15.6 Å². The van der Waals surface area contributed by atoms with Crippen LogP contribution in [0.2, 0.25) is 0 Å². The molecule has 7 nitrogen and oxygen atoms in total. The Morgan fingerprint density at radius 3 is 2.85 bits per heavy atom. The third kappa shape index (κ3) is 3.85. The number of rotatable bonds is 2. The first-order valence-electron chi connectivity index (χ1n) is 9.18. The Hall–Kier alpha value is -2.74. The molecule has 2 aliphatic rings. The van der Waals surface area contributed by atoms with Crippen molar-refractivity contribution in [1.29, 1.82) is 0 Å². The lowest BCUT2D eigenvalue weighted by molar-refractivity contribution is 0.381. The summed E-state index contributed by atoms with van der Waals surface area (Å²) >= 11 is 5.56. The van der Waals surface area contributed by atoms with Crippen molar-refractivity contribution in [1.82, 2.24) is 20.3 Å². The highest BCUT2D eigenvalue weighted by Crippen LogP contribution is 2.23. The molecule has 2 N–H and O–H groups in total. The van der Waals surface area contributed by atoms with E-state index in [1.54, 1.807) is 6.20 Å².